The van der Waals surface area contributed by atoms with Crippen LogP contribution >= 0.6 is 0 Å². The van der Waals surface area contributed by atoms with Crippen molar-refractivity contribution in [3.05, 3.63) is 47.8 Å². The molecule has 1 fully saturated rings. The summed E-state index contributed by atoms with van der Waals surface area (Å²) in [6.07, 6.45) is 4.59. The van der Waals surface area contributed by atoms with Crippen LogP contribution in [-0.2, 0) is 9.53 Å². The first-order valence-corrected chi connectivity index (χ1v) is 5.33. The lowest BCUT2D eigenvalue weighted by Crippen LogP contribution is -2.22. The largest absolute Gasteiger partial charge is 0.461 e. The van der Waals surface area contributed by atoms with Crippen molar-refractivity contribution in [3.63, 3.8) is 0 Å². The summed E-state index contributed by atoms with van der Waals surface area (Å²) in [4.78, 5) is 11.7. The highest BCUT2D eigenvalue weighted by Crippen LogP contribution is 2.61. The minimum absolute atomic E-state index is 0.149. The van der Waals surface area contributed by atoms with Gasteiger partial charge in [0.15, 0.2) is 0 Å². The summed E-state index contributed by atoms with van der Waals surface area (Å²) in [5, 5.41) is 0. The van der Waals surface area contributed by atoms with E-state index >= 15 is 0 Å². The molecule has 2 aliphatic rings. The van der Waals surface area contributed by atoms with Crippen LogP contribution in [-0.4, -0.2) is 12.6 Å². The molecule has 0 amide bonds. The van der Waals surface area contributed by atoms with Crippen molar-refractivity contribution in [2.75, 3.05) is 6.61 Å². The molecular formula is C13H11FO2. The number of ether oxygens (including phenoxy) is 1. The van der Waals surface area contributed by atoms with E-state index in [9.17, 15) is 9.18 Å². The second-order valence-electron chi connectivity index (χ2n) is 4.35. The van der Waals surface area contributed by atoms with Crippen molar-refractivity contribution < 1.29 is 13.9 Å². The van der Waals surface area contributed by atoms with Gasteiger partial charge in [0.25, 0.3) is 0 Å². The van der Waals surface area contributed by atoms with E-state index in [1.807, 2.05) is 12.2 Å². The van der Waals surface area contributed by atoms with Crippen molar-refractivity contribution >= 4 is 5.97 Å². The van der Waals surface area contributed by atoms with Gasteiger partial charge in [-0.3, -0.25) is 4.79 Å². The van der Waals surface area contributed by atoms with Gasteiger partial charge in [0.05, 0.1) is 5.41 Å². The molecular weight excluding hydrogens is 207 g/mol. The van der Waals surface area contributed by atoms with E-state index in [0.29, 0.717) is 6.61 Å². The zero-order valence-electron chi connectivity index (χ0n) is 8.65. The van der Waals surface area contributed by atoms with Gasteiger partial charge in [-0.2, -0.15) is 0 Å². The van der Waals surface area contributed by atoms with Crippen molar-refractivity contribution in [2.45, 2.75) is 12.3 Å². The zero-order valence-corrected chi connectivity index (χ0v) is 8.65. The number of carbonyl (C=O) groups excluding carboxylic acids is 1. The van der Waals surface area contributed by atoms with E-state index in [1.165, 1.54) is 12.1 Å². The van der Waals surface area contributed by atoms with Crippen LogP contribution in [0.2, 0.25) is 0 Å². The molecule has 0 saturated heterocycles. The van der Waals surface area contributed by atoms with Crippen LogP contribution < -0.4 is 0 Å². The van der Waals surface area contributed by atoms with Gasteiger partial charge in [-0.15, -0.1) is 0 Å². The number of carbonyl (C=O) groups is 1. The fourth-order valence-corrected chi connectivity index (χ4v) is 2.38. The van der Waals surface area contributed by atoms with Gasteiger partial charge in [-0.1, -0.05) is 24.3 Å². The first kappa shape index (κ1) is 9.58. The van der Waals surface area contributed by atoms with Crippen LogP contribution in [0.25, 0.3) is 0 Å². The van der Waals surface area contributed by atoms with E-state index in [-0.39, 0.29) is 17.7 Å². The fraction of sp³-hybridized carbons (Fsp3) is 0.308. The maximum atomic E-state index is 12.8. The molecule has 1 aliphatic carbocycles. The molecule has 1 spiro atoms. The van der Waals surface area contributed by atoms with E-state index in [0.717, 1.165) is 12.0 Å². The van der Waals surface area contributed by atoms with E-state index in [1.54, 1.807) is 12.1 Å². The highest BCUT2D eigenvalue weighted by Gasteiger charge is 2.60. The van der Waals surface area contributed by atoms with Gasteiger partial charge in [0, 0.05) is 5.92 Å². The van der Waals surface area contributed by atoms with Gasteiger partial charge in [0.2, 0.25) is 0 Å². The normalized spacial score (nSPS) is 31.6. The van der Waals surface area contributed by atoms with E-state index < -0.39 is 5.41 Å². The molecule has 0 N–H and O–H groups in total. The fourth-order valence-electron chi connectivity index (χ4n) is 2.38. The number of halogens is 1. The number of hydrogen-bond acceptors (Lipinski definition) is 2. The predicted octanol–water partition coefficient (Wildman–Crippen LogP) is 2.41. The molecule has 0 aromatic heterocycles. The van der Waals surface area contributed by atoms with E-state index in [2.05, 4.69) is 0 Å². The molecule has 2 nitrogen and oxygen atoms in total. The second-order valence-corrected chi connectivity index (χ2v) is 4.35. The molecule has 0 bridgehead atoms. The Bertz CT molecular complexity index is 463. The monoisotopic (exact) mass is 218 g/mol. The highest BCUT2D eigenvalue weighted by molar-refractivity contribution is 5.85. The van der Waals surface area contributed by atoms with Gasteiger partial charge >= 0.3 is 5.97 Å². The van der Waals surface area contributed by atoms with E-state index in [4.69, 9.17) is 4.74 Å². The average Bonchev–Trinajstić information content (AvgIpc) is 3.00. The Labute approximate surface area is 92.7 Å². The minimum atomic E-state index is -0.462. The third kappa shape index (κ3) is 1.28. The molecule has 1 aliphatic heterocycles. The smallest absolute Gasteiger partial charge is 0.316 e. The van der Waals surface area contributed by atoms with Crippen LogP contribution in [0.3, 0.4) is 0 Å². The summed E-state index contributed by atoms with van der Waals surface area (Å²) in [5.74, 6) is -0.248. The standard InChI is InChI=1S/C13H11FO2/c14-10-4-2-9(3-5-10)11-8-13(11)6-1-7-16-12(13)15/h1-6,11H,7-8H2/t11-,13+/m1/s1. The zero-order chi connectivity index (χ0) is 11.2. The lowest BCUT2D eigenvalue weighted by molar-refractivity contribution is -0.148. The van der Waals surface area contributed by atoms with Crippen molar-refractivity contribution in [1.29, 1.82) is 0 Å². The Morgan fingerprint density at radius 2 is 2.06 bits per heavy atom. The predicted molar refractivity (Wildman–Crippen MR) is 56.3 cm³/mol. The molecule has 1 heterocycles. The Morgan fingerprint density at radius 1 is 1.31 bits per heavy atom. The van der Waals surface area contributed by atoms with Crippen LogP contribution in [0.5, 0.6) is 0 Å². The summed E-state index contributed by atoms with van der Waals surface area (Å²) < 4.78 is 17.8. The average molecular weight is 218 g/mol. The molecule has 16 heavy (non-hydrogen) atoms. The summed E-state index contributed by atoms with van der Waals surface area (Å²) in [7, 11) is 0. The van der Waals surface area contributed by atoms with Crippen molar-refractivity contribution in [2.24, 2.45) is 5.41 Å². The van der Waals surface area contributed by atoms with Crippen LogP contribution in [0.1, 0.15) is 17.9 Å². The van der Waals surface area contributed by atoms with Gasteiger partial charge < -0.3 is 4.74 Å². The summed E-state index contributed by atoms with van der Waals surface area (Å²) in [6, 6.07) is 6.34. The summed E-state index contributed by atoms with van der Waals surface area (Å²) in [6.45, 7) is 0.372. The summed E-state index contributed by atoms with van der Waals surface area (Å²) >= 11 is 0. The maximum absolute atomic E-state index is 12.8. The second kappa shape index (κ2) is 3.17. The Balaban J connectivity index is 1.90. The maximum Gasteiger partial charge on any atom is 0.316 e. The van der Waals surface area contributed by atoms with Gasteiger partial charge in [-0.05, 0) is 24.1 Å². The summed E-state index contributed by atoms with van der Waals surface area (Å²) in [5.41, 5.74) is 0.542. The quantitative estimate of drug-likeness (QED) is 0.534. The van der Waals surface area contributed by atoms with Crippen LogP contribution in [0.15, 0.2) is 36.4 Å². The third-order valence-electron chi connectivity index (χ3n) is 3.38. The van der Waals surface area contributed by atoms with Crippen molar-refractivity contribution in [3.8, 4) is 0 Å². The SMILES string of the molecule is O=C1OCC=C[C@@]12C[C@@H]2c1ccc(F)cc1. The lowest BCUT2D eigenvalue weighted by Gasteiger charge is -2.16. The van der Waals surface area contributed by atoms with Crippen molar-refractivity contribution in [1.82, 2.24) is 0 Å². The topological polar surface area (TPSA) is 26.3 Å². The molecule has 0 radical (unpaired) electrons. The number of esters is 1. The first-order valence-electron chi connectivity index (χ1n) is 5.33. The molecule has 3 heteroatoms. The molecule has 0 unspecified atom stereocenters. The number of benzene rings is 1. The third-order valence-corrected chi connectivity index (χ3v) is 3.38. The molecule has 3 rings (SSSR count). The Morgan fingerprint density at radius 3 is 2.75 bits per heavy atom. The number of hydrogen-bond donors (Lipinski definition) is 0. The molecule has 1 aromatic rings. The van der Waals surface area contributed by atoms with Crippen LogP contribution in [0, 0.1) is 11.2 Å². The highest BCUT2D eigenvalue weighted by atomic mass is 19.1. The molecule has 82 valence electrons. The molecule has 1 saturated carbocycles. The number of cyclic esters (lactones) is 1. The minimum Gasteiger partial charge on any atom is -0.461 e. The molecule has 1 aromatic carbocycles. The first-order chi connectivity index (χ1) is 7.72. The van der Waals surface area contributed by atoms with Crippen LogP contribution in [0.4, 0.5) is 4.39 Å². The van der Waals surface area contributed by atoms with Gasteiger partial charge in [-0.25, -0.2) is 4.39 Å². The van der Waals surface area contributed by atoms with Gasteiger partial charge in [0.1, 0.15) is 12.4 Å². The Hall–Kier alpha value is -1.64. The lowest BCUT2D eigenvalue weighted by atomic mass is 9.97. The molecule has 2 atom stereocenters. The Kier molecular flexibility index (Phi) is 1.90. The number of rotatable bonds is 1.